The molecule has 2 aliphatic rings. The Kier molecular flexibility index (Phi) is 5.88. The lowest BCUT2D eigenvalue weighted by molar-refractivity contribution is -0.132. The second-order valence-corrected chi connectivity index (χ2v) is 10.8. The van der Waals surface area contributed by atoms with E-state index in [1.54, 1.807) is 17.4 Å². The lowest BCUT2D eigenvalue weighted by atomic mass is 9.97. The number of para-hydroxylation sites is 1. The Morgan fingerprint density at radius 3 is 2.61 bits per heavy atom. The maximum Gasteiger partial charge on any atom is 0.236 e. The Morgan fingerprint density at radius 2 is 1.74 bits per heavy atom. The molecule has 38 heavy (non-hydrogen) atoms. The minimum absolute atomic E-state index is 0.0454. The van der Waals surface area contributed by atoms with Gasteiger partial charge in [0.1, 0.15) is 5.58 Å². The number of hydrogen-bond acceptors (Lipinski definition) is 7. The molecule has 0 unspecified atom stereocenters. The molecule has 7 rings (SSSR count). The number of amides is 1. The summed E-state index contributed by atoms with van der Waals surface area (Å²) in [5.41, 5.74) is 3.62. The third kappa shape index (κ3) is 3.96. The Labute approximate surface area is 223 Å². The quantitative estimate of drug-likeness (QED) is 0.370. The number of fused-ring (bicyclic) bond motifs is 4. The van der Waals surface area contributed by atoms with Crippen molar-refractivity contribution in [2.45, 2.75) is 6.54 Å². The van der Waals surface area contributed by atoms with Crippen LogP contribution in [0, 0.1) is 0 Å². The molecule has 8 heteroatoms. The first kappa shape index (κ1) is 23.4. The summed E-state index contributed by atoms with van der Waals surface area (Å²) in [7, 11) is 0. The number of hydrogen-bond donors (Lipinski definition) is 1. The van der Waals surface area contributed by atoms with Crippen LogP contribution in [0.25, 0.3) is 42.3 Å². The number of carbonyl (C=O) groups is 1. The van der Waals surface area contributed by atoms with Crippen molar-refractivity contribution in [1.82, 2.24) is 10.2 Å². The summed E-state index contributed by atoms with van der Waals surface area (Å²) in [6.07, 6.45) is 0. The average molecular weight is 526 g/mol. The van der Waals surface area contributed by atoms with E-state index in [-0.39, 0.29) is 11.3 Å². The van der Waals surface area contributed by atoms with E-state index in [4.69, 9.17) is 9.15 Å². The fraction of sp³-hybridized carbons (Fsp3) is 0.267. The Balaban J connectivity index is 1.43. The Hall–Kier alpha value is -3.72. The molecule has 0 bridgehead atoms. The molecule has 2 saturated heterocycles. The van der Waals surface area contributed by atoms with Crippen molar-refractivity contribution in [2.75, 3.05) is 50.8 Å². The number of nitrogens with zero attached hydrogens (tertiary/aromatic N) is 2. The summed E-state index contributed by atoms with van der Waals surface area (Å²) in [5.74, 6) is 0.708. The van der Waals surface area contributed by atoms with E-state index in [0.29, 0.717) is 62.8 Å². The minimum atomic E-state index is -0.0454. The first-order valence-corrected chi connectivity index (χ1v) is 13.8. The predicted molar refractivity (Wildman–Crippen MR) is 152 cm³/mol. The topological polar surface area (TPSA) is 75.0 Å². The summed E-state index contributed by atoms with van der Waals surface area (Å²) in [4.78, 5) is 29.8. The molecule has 3 aromatic carbocycles. The second kappa shape index (κ2) is 9.54. The van der Waals surface area contributed by atoms with Gasteiger partial charge in [-0.05, 0) is 17.7 Å². The van der Waals surface area contributed by atoms with Gasteiger partial charge in [0, 0.05) is 70.1 Å². The first-order valence-electron chi connectivity index (χ1n) is 13.0. The standard InChI is InChI=1S/C30H27N3O4S/c34-24-16-27(32-12-14-36-15-13-32)37-29-20(5-3-6-22(24)29)21-9-8-19(18-33-11-10-31-17-26(33)35)28-23-4-1-2-7-25(23)38-30(21)28/h1-9,16,31H,10-15,17-18H2. The maximum atomic E-state index is 13.2. The van der Waals surface area contributed by atoms with Gasteiger partial charge >= 0.3 is 0 Å². The number of morpholine rings is 1. The highest BCUT2D eigenvalue weighted by Gasteiger charge is 2.23. The van der Waals surface area contributed by atoms with Crippen LogP contribution in [0.4, 0.5) is 5.88 Å². The summed E-state index contributed by atoms with van der Waals surface area (Å²) in [6, 6.07) is 20.1. The Bertz CT molecular complexity index is 1750. The molecule has 2 aromatic heterocycles. The van der Waals surface area contributed by atoms with Gasteiger partial charge in [-0.25, -0.2) is 0 Å². The van der Waals surface area contributed by atoms with Crippen LogP contribution in [-0.4, -0.2) is 56.7 Å². The summed E-state index contributed by atoms with van der Waals surface area (Å²) in [6.45, 7) is 5.07. The van der Waals surface area contributed by atoms with Gasteiger partial charge < -0.3 is 24.3 Å². The number of carbonyl (C=O) groups excluding carboxylic acids is 1. The molecule has 0 spiro atoms. The van der Waals surface area contributed by atoms with E-state index in [1.807, 2.05) is 23.1 Å². The van der Waals surface area contributed by atoms with E-state index in [2.05, 4.69) is 46.6 Å². The van der Waals surface area contributed by atoms with Gasteiger partial charge in [-0.2, -0.15) is 0 Å². The largest absolute Gasteiger partial charge is 0.440 e. The highest BCUT2D eigenvalue weighted by Crippen LogP contribution is 2.43. The molecule has 4 heterocycles. The third-order valence-electron chi connectivity index (χ3n) is 7.52. The summed E-state index contributed by atoms with van der Waals surface area (Å²) >= 11 is 1.74. The van der Waals surface area contributed by atoms with Crippen LogP contribution >= 0.6 is 11.3 Å². The van der Waals surface area contributed by atoms with Crippen LogP contribution in [0.15, 0.2) is 69.9 Å². The van der Waals surface area contributed by atoms with E-state index < -0.39 is 0 Å². The first-order chi connectivity index (χ1) is 18.7. The number of nitrogens with one attached hydrogen (secondary N) is 1. The number of rotatable bonds is 4. The van der Waals surface area contributed by atoms with Crippen LogP contribution in [-0.2, 0) is 16.1 Å². The van der Waals surface area contributed by atoms with Crippen LogP contribution in [0.1, 0.15) is 5.56 Å². The van der Waals surface area contributed by atoms with Gasteiger partial charge in [0.05, 0.1) is 25.1 Å². The van der Waals surface area contributed by atoms with E-state index in [0.717, 1.165) is 33.3 Å². The lowest BCUT2D eigenvalue weighted by Gasteiger charge is -2.28. The molecule has 7 nitrogen and oxygen atoms in total. The van der Waals surface area contributed by atoms with Crippen molar-refractivity contribution in [3.05, 3.63) is 76.5 Å². The van der Waals surface area contributed by atoms with E-state index in [9.17, 15) is 9.59 Å². The molecule has 5 aromatic rings. The highest BCUT2D eigenvalue weighted by atomic mass is 32.1. The molecule has 2 aliphatic heterocycles. The SMILES string of the molecule is O=C1CNCCN1Cc1ccc(-c2cccc3c(=O)cc(N4CCOCC4)oc23)c2sc3ccccc3c12. The van der Waals surface area contributed by atoms with Crippen LogP contribution in [0.3, 0.4) is 0 Å². The maximum absolute atomic E-state index is 13.2. The van der Waals surface area contributed by atoms with Gasteiger partial charge in [-0.15, -0.1) is 11.3 Å². The number of thiophene rings is 1. The van der Waals surface area contributed by atoms with Crippen LogP contribution in [0.2, 0.25) is 0 Å². The normalized spacial score (nSPS) is 16.7. The average Bonchev–Trinajstić information content (AvgIpc) is 3.35. The Morgan fingerprint density at radius 1 is 0.895 bits per heavy atom. The third-order valence-corrected chi connectivity index (χ3v) is 8.72. The number of anilines is 1. The van der Waals surface area contributed by atoms with Crippen LogP contribution in [0.5, 0.6) is 0 Å². The fourth-order valence-corrected chi connectivity index (χ4v) is 6.85. The zero-order valence-corrected chi connectivity index (χ0v) is 21.7. The second-order valence-electron chi connectivity index (χ2n) is 9.80. The van der Waals surface area contributed by atoms with Crippen molar-refractivity contribution in [3.63, 3.8) is 0 Å². The van der Waals surface area contributed by atoms with Crippen molar-refractivity contribution >= 4 is 54.3 Å². The molecule has 0 radical (unpaired) electrons. The number of benzene rings is 3. The van der Waals surface area contributed by atoms with Gasteiger partial charge in [-0.1, -0.05) is 42.5 Å². The van der Waals surface area contributed by atoms with Crippen molar-refractivity contribution in [1.29, 1.82) is 0 Å². The molecular formula is C30H27N3O4S. The molecule has 0 aliphatic carbocycles. The fourth-order valence-electron chi connectivity index (χ4n) is 5.58. The summed E-state index contributed by atoms with van der Waals surface area (Å²) in [5, 5.41) is 6.08. The molecule has 1 amide bonds. The van der Waals surface area contributed by atoms with Gasteiger partial charge in [0.15, 0.2) is 11.3 Å². The van der Waals surface area contributed by atoms with Crippen molar-refractivity contribution in [3.8, 4) is 11.1 Å². The monoisotopic (exact) mass is 525 g/mol. The van der Waals surface area contributed by atoms with E-state index >= 15 is 0 Å². The van der Waals surface area contributed by atoms with Crippen molar-refractivity contribution in [2.24, 2.45) is 0 Å². The van der Waals surface area contributed by atoms with Gasteiger partial charge in [0.25, 0.3) is 0 Å². The zero-order chi connectivity index (χ0) is 25.6. The van der Waals surface area contributed by atoms with Gasteiger partial charge in [0.2, 0.25) is 5.91 Å². The number of ether oxygens (including phenoxy) is 1. The molecule has 0 atom stereocenters. The van der Waals surface area contributed by atoms with Gasteiger partial charge in [-0.3, -0.25) is 9.59 Å². The molecule has 192 valence electrons. The number of piperazine rings is 1. The van der Waals surface area contributed by atoms with Crippen LogP contribution < -0.4 is 15.6 Å². The van der Waals surface area contributed by atoms with Crippen molar-refractivity contribution < 1.29 is 13.9 Å². The molecular weight excluding hydrogens is 498 g/mol. The molecule has 0 saturated carbocycles. The predicted octanol–water partition coefficient (Wildman–Crippen LogP) is 4.60. The summed E-state index contributed by atoms with van der Waals surface area (Å²) < 4.78 is 14.3. The molecule has 1 N–H and O–H groups in total. The highest BCUT2D eigenvalue weighted by molar-refractivity contribution is 7.26. The minimum Gasteiger partial charge on any atom is -0.440 e. The smallest absolute Gasteiger partial charge is 0.236 e. The van der Waals surface area contributed by atoms with E-state index in [1.165, 1.54) is 10.1 Å². The molecule has 2 fully saturated rings. The zero-order valence-electron chi connectivity index (χ0n) is 20.9. The lowest BCUT2D eigenvalue weighted by Crippen LogP contribution is -2.47.